The quantitative estimate of drug-likeness (QED) is 0.376. The van der Waals surface area contributed by atoms with Crippen molar-refractivity contribution in [3.05, 3.63) is 22.4 Å². The number of nitrogens with zero attached hydrogens (tertiary/aromatic N) is 2. The fraction of sp³-hybridized carbons (Fsp3) is 0.643. The van der Waals surface area contributed by atoms with Crippen LogP contribution in [-0.2, 0) is 10.0 Å². The number of aliphatic imine (C=N–C) groups is 1. The summed E-state index contributed by atoms with van der Waals surface area (Å²) in [5.74, 6) is 1.39. The van der Waals surface area contributed by atoms with Gasteiger partial charge in [0, 0.05) is 33.2 Å². The van der Waals surface area contributed by atoms with Gasteiger partial charge in [-0.2, -0.15) is 11.3 Å². The second-order valence-electron chi connectivity index (χ2n) is 5.41. The van der Waals surface area contributed by atoms with Crippen LogP contribution in [0.5, 0.6) is 0 Å². The SMILES string of the molecule is CN=C(NCCN1CCCS1(=O)=O)NCC(C)c1ccsc1.I. The molecule has 1 fully saturated rings. The summed E-state index contributed by atoms with van der Waals surface area (Å²) in [6, 6.07) is 2.13. The van der Waals surface area contributed by atoms with Gasteiger partial charge in [0.15, 0.2) is 5.96 Å². The molecule has 9 heteroatoms. The summed E-state index contributed by atoms with van der Waals surface area (Å²) in [6.07, 6.45) is 0.730. The highest BCUT2D eigenvalue weighted by Gasteiger charge is 2.27. The van der Waals surface area contributed by atoms with Crippen LogP contribution < -0.4 is 10.6 Å². The van der Waals surface area contributed by atoms with Crippen molar-refractivity contribution >= 4 is 51.3 Å². The first-order valence-corrected chi connectivity index (χ1v) is 10.0. The second-order valence-corrected chi connectivity index (χ2v) is 8.27. The maximum atomic E-state index is 11.7. The number of thiophene rings is 1. The van der Waals surface area contributed by atoms with Gasteiger partial charge in [-0.3, -0.25) is 4.99 Å². The van der Waals surface area contributed by atoms with Gasteiger partial charge in [0.1, 0.15) is 0 Å². The van der Waals surface area contributed by atoms with E-state index in [1.807, 2.05) is 0 Å². The largest absolute Gasteiger partial charge is 0.356 e. The minimum Gasteiger partial charge on any atom is -0.356 e. The maximum Gasteiger partial charge on any atom is 0.214 e. The molecule has 0 saturated carbocycles. The van der Waals surface area contributed by atoms with Crippen molar-refractivity contribution in [3.8, 4) is 0 Å². The Bertz CT molecular complexity index is 590. The zero-order valence-electron chi connectivity index (χ0n) is 13.5. The molecule has 0 aliphatic carbocycles. The Balaban J connectivity index is 0.00000264. The summed E-state index contributed by atoms with van der Waals surface area (Å²) in [5, 5.41) is 10.7. The van der Waals surface area contributed by atoms with Crippen LogP contribution in [0.25, 0.3) is 0 Å². The van der Waals surface area contributed by atoms with Crippen molar-refractivity contribution in [3.63, 3.8) is 0 Å². The Morgan fingerprint density at radius 3 is 2.83 bits per heavy atom. The molecule has 1 aromatic heterocycles. The van der Waals surface area contributed by atoms with Gasteiger partial charge in [-0.15, -0.1) is 24.0 Å². The molecular weight excluding hydrogens is 447 g/mol. The predicted octanol–water partition coefficient (Wildman–Crippen LogP) is 1.67. The molecule has 1 aliphatic rings. The van der Waals surface area contributed by atoms with Crippen molar-refractivity contribution in [2.75, 3.05) is 39.0 Å². The molecule has 2 rings (SSSR count). The molecule has 1 aromatic rings. The zero-order chi connectivity index (χ0) is 16.0. The van der Waals surface area contributed by atoms with Crippen LogP contribution in [0, 0.1) is 0 Å². The molecule has 1 aliphatic heterocycles. The van der Waals surface area contributed by atoms with E-state index in [1.165, 1.54) is 5.56 Å². The molecule has 0 bridgehead atoms. The van der Waals surface area contributed by atoms with E-state index in [4.69, 9.17) is 0 Å². The highest BCUT2D eigenvalue weighted by molar-refractivity contribution is 14.0. The summed E-state index contributed by atoms with van der Waals surface area (Å²) in [4.78, 5) is 4.17. The lowest BCUT2D eigenvalue weighted by atomic mass is 10.1. The lowest BCUT2D eigenvalue weighted by Crippen LogP contribution is -2.42. The number of rotatable bonds is 6. The number of halogens is 1. The topological polar surface area (TPSA) is 73.8 Å². The van der Waals surface area contributed by atoms with E-state index in [2.05, 4.69) is 39.4 Å². The molecule has 1 atom stereocenters. The number of sulfonamides is 1. The number of nitrogens with one attached hydrogen (secondary N) is 2. The minimum absolute atomic E-state index is 0. The molecule has 0 amide bonds. The molecule has 0 aromatic carbocycles. The first kappa shape index (κ1) is 20.7. The highest BCUT2D eigenvalue weighted by atomic mass is 127. The highest BCUT2D eigenvalue weighted by Crippen LogP contribution is 2.17. The molecule has 1 unspecified atom stereocenters. The van der Waals surface area contributed by atoms with Crippen LogP contribution in [0.4, 0.5) is 0 Å². The van der Waals surface area contributed by atoms with E-state index >= 15 is 0 Å². The average molecular weight is 472 g/mol. The normalized spacial score (nSPS) is 19.1. The predicted molar refractivity (Wildman–Crippen MR) is 107 cm³/mol. The maximum absolute atomic E-state index is 11.7. The summed E-state index contributed by atoms with van der Waals surface area (Å²) in [6.45, 7) is 4.64. The molecule has 0 radical (unpaired) electrons. The lowest BCUT2D eigenvalue weighted by molar-refractivity contribution is 0.445. The Morgan fingerprint density at radius 2 is 2.26 bits per heavy atom. The van der Waals surface area contributed by atoms with Crippen LogP contribution in [0.3, 0.4) is 0 Å². The molecule has 6 nitrogen and oxygen atoms in total. The van der Waals surface area contributed by atoms with E-state index in [1.54, 1.807) is 22.7 Å². The average Bonchev–Trinajstić information content (AvgIpc) is 3.12. The van der Waals surface area contributed by atoms with Gasteiger partial charge in [-0.25, -0.2) is 12.7 Å². The molecule has 1 saturated heterocycles. The van der Waals surface area contributed by atoms with Crippen molar-refractivity contribution < 1.29 is 8.42 Å². The smallest absolute Gasteiger partial charge is 0.214 e. The number of guanidine groups is 1. The Labute approximate surface area is 159 Å². The minimum atomic E-state index is -3.01. The summed E-state index contributed by atoms with van der Waals surface area (Å²) >= 11 is 1.70. The first-order valence-electron chi connectivity index (χ1n) is 7.47. The van der Waals surface area contributed by atoms with E-state index in [0.717, 1.165) is 13.0 Å². The Hall–Kier alpha value is -0.390. The molecule has 132 valence electrons. The van der Waals surface area contributed by atoms with Gasteiger partial charge in [0.05, 0.1) is 5.75 Å². The molecule has 2 N–H and O–H groups in total. The standard InChI is InChI=1S/C14H24N4O2S2.HI/c1-12(13-4-8-21-11-13)10-17-14(15-2)16-5-7-18-6-3-9-22(18,19)20;/h4,8,11-12H,3,5-7,9-10H2,1-2H3,(H2,15,16,17);1H. The van der Waals surface area contributed by atoms with Crippen molar-refractivity contribution in [2.45, 2.75) is 19.3 Å². The van der Waals surface area contributed by atoms with Crippen molar-refractivity contribution in [1.82, 2.24) is 14.9 Å². The lowest BCUT2D eigenvalue weighted by Gasteiger charge is -2.18. The monoisotopic (exact) mass is 472 g/mol. The van der Waals surface area contributed by atoms with Gasteiger partial charge in [0.2, 0.25) is 10.0 Å². The van der Waals surface area contributed by atoms with E-state index < -0.39 is 10.0 Å². The van der Waals surface area contributed by atoms with E-state index in [0.29, 0.717) is 31.5 Å². The third-order valence-electron chi connectivity index (χ3n) is 3.77. The van der Waals surface area contributed by atoms with Gasteiger partial charge < -0.3 is 10.6 Å². The van der Waals surface area contributed by atoms with Gasteiger partial charge in [0.25, 0.3) is 0 Å². The third-order valence-corrected chi connectivity index (χ3v) is 6.43. The Morgan fingerprint density at radius 1 is 1.48 bits per heavy atom. The van der Waals surface area contributed by atoms with Crippen LogP contribution in [0.1, 0.15) is 24.8 Å². The van der Waals surface area contributed by atoms with Gasteiger partial charge >= 0.3 is 0 Å². The fourth-order valence-corrected chi connectivity index (χ4v) is 4.70. The van der Waals surface area contributed by atoms with Crippen molar-refractivity contribution in [2.24, 2.45) is 4.99 Å². The molecular formula is C14H25IN4O2S2. The van der Waals surface area contributed by atoms with E-state index in [-0.39, 0.29) is 29.7 Å². The summed E-state index contributed by atoms with van der Waals surface area (Å²) < 4.78 is 25.0. The molecule has 23 heavy (non-hydrogen) atoms. The summed E-state index contributed by atoms with van der Waals surface area (Å²) in [5.41, 5.74) is 1.32. The van der Waals surface area contributed by atoms with Crippen LogP contribution in [0.15, 0.2) is 21.8 Å². The van der Waals surface area contributed by atoms with Crippen LogP contribution >= 0.6 is 35.3 Å². The third kappa shape index (κ3) is 6.20. The summed E-state index contributed by atoms with van der Waals surface area (Å²) in [7, 11) is -1.29. The molecule has 2 heterocycles. The number of hydrogen-bond donors (Lipinski definition) is 2. The molecule has 0 spiro atoms. The van der Waals surface area contributed by atoms with Crippen LogP contribution in [-0.4, -0.2) is 57.7 Å². The second kappa shape index (κ2) is 9.80. The fourth-order valence-electron chi connectivity index (χ4n) is 2.39. The first-order chi connectivity index (χ1) is 10.5. The number of hydrogen-bond acceptors (Lipinski definition) is 4. The Kier molecular flexibility index (Phi) is 8.80. The van der Waals surface area contributed by atoms with Crippen LogP contribution in [0.2, 0.25) is 0 Å². The van der Waals surface area contributed by atoms with Gasteiger partial charge in [-0.1, -0.05) is 6.92 Å². The van der Waals surface area contributed by atoms with Crippen molar-refractivity contribution in [1.29, 1.82) is 0 Å². The zero-order valence-corrected chi connectivity index (χ0v) is 17.5. The van der Waals surface area contributed by atoms with Gasteiger partial charge in [-0.05, 0) is 34.7 Å². The van der Waals surface area contributed by atoms with E-state index in [9.17, 15) is 8.42 Å².